The predicted molar refractivity (Wildman–Crippen MR) is 61.6 cm³/mol. The molecule has 0 amide bonds. The molecule has 0 aliphatic rings. The zero-order valence-electron chi connectivity index (χ0n) is 8.58. The number of benzene rings is 1. The Kier molecular flexibility index (Phi) is 3.12. The van der Waals surface area contributed by atoms with Gasteiger partial charge >= 0.3 is 0 Å². The van der Waals surface area contributed by atoms with E-state index in [0.717, 1.165) is 5.76 Å². The molecule has 1 unspecified atom stereocenters. The average molecular weight is 285 g/mol. The molecule has 1 aromatic heterocycles. The van der Waals surface area contributed by atoms with E-state index in [4.69, 9.17) is 4.42 Å². The monoisotopic (exact) mass is 284 g/mol. The lowest BCUT2D eigenvalue weighted by atomic mass is 10.1. The maximum absolute atomic E-state index is 13.0. The van der Waals surface area contributed by atoms with Gasteiger partial charge in [-0.15, -0.1) is 0 Å². The molecule has 2 nitrogen and oxygen atoms in total. The van der Waals surface area contributed by atoms with Crippen LogP contribution in [-0.2, 0) is 0 Å². The summed E-state index contributed by atoms with van der Waals surface area (Å²) < 4.78 is 18.7. The topological polar surface area (TPSA) is 33.4 Å². The molecule has 0 radical (unpaired) electrons. The highest BCUT2D eigenvalue weighted by atomic mass is 79.9. The maximum Gasteiger partial charge on any atom is 0.137 e. The van der Waals surface area contributed by atoms with Crippen molar-refractivity contribution in [3.05, 3.63) is 57.7 Å². The van der Waals surface area contributed by atoms with Crippen molar-refractivity contribution in [2.45, 2.75) is 13.0 Å². The number of aliphatic hydroxyl groups is 1. The van der Waals surface area contributed by atoms with Gasteiger partial charge in [-0.05, 0) is 52.7 Å². The lowest BCUT2D eigenvalue weighted by Gasteiger charge is -2.08. The van der Waals surface area contributed by atoms with Crippen molar-refractivity contribution in [1.29, 1.82) is 0 Å². The first-order valence-electron chi connectivity index (χ1n) is 4.77. The Morgan fingerprint density at radius 2 is 2.06 bits per heavy atom. The Hall–Kier alpha value is -1.13. The highest BCUT2D eigenvalue weighted by Gasteiger charge is 2.15. The maximum atomic E-state index is 13.0. The highest BCUT2D eigenvalue weighted by molar-refractivity contribution is 9.10. The number of hydrogen-bond donors (Lipinski definition) is 1. The van der Waals surface area contributed by atoms with Crippen LogP contribution in [0.3, 0.4) is 0 Å². The Balaban J connectivity index is 2.33. The molecule has 0 saturated heterocycles. The van der Waals surface area contributed by atoms with Gasteiger partial charge in [-0.3, -0.25) is 0 Å². The predicted octanol–water partition coefficient (Wildman–Crippen LogP) is 3.57. The third-order valence-electron chi connectivity index (χ3n) is 2.29. The molecule has 0 spiro atoms. The van der Waals surface area contributed by atoms with Gasteiger partial charge in [0, 0.05) is 0 Å². The first-order valence-corrected chi connectivity index (χ1v) is 5.56. The molecule has 0 aliphatic carbocycles. The lowest BCUT2D eigenvalue weighted by Crippen LogP contribution is -1.98. The molecular weight excluding hydrogens is 275 g/mol. The second-order valence-electron chi connectivity index (χ2n) is 3.52. The summed E-state index contributed by atoms with van der Waals surface area (Å²) in [6, 6.07) is 7.85. The summed E-state index contributed by atoms with van der Waals surface area (Å²) >= 11 is 3.08. The van der Waals surface area contributed by atoms with Crippen molar-refractivity contribution in [1.82, 2.24) is 0 Å². The van der Waals surface area contributed by atoms with Crippen LogP contribution < -0.4 is 0 Å². The minimum absolute atomic E-state index is 0.326. The van der Waals surface area contributed by atoms with E-state index in [0.29, 0.717) is 15.8 Å². The van der Waals surface area contributed by atoms with E-state index in [2.05, 4.69) is 15.9 Å². The number of aryl methyl sites for hydroxylation is 1. The van der Waals surface area contributed by atoms with Gasteiger partial charge in [0.1, 0.15) is 23.4 Å². The zero-order valence-corrected chi connectivity index (χ0v) is 10.2. The van der Waals surface area contributed by atoms with Crippen LogP contribution in [0.15, 0.2) is 39.2 Å². The van der Waals surface area contributed by atoms with Gasteiger partial charge in [-0.25, -0.2) is 4.39 Å². The number of halogens is 2. The SMILES string of the molecule is Cc1ccc(C(O)c2ccc(F)c(Br)c2)o1. The third-order valence-corrected chi connectivity index (χ3v) is 2.90. The smallest absolute Gasteiger partial charge is 0.137 e. The van der Waals surface area contributed by atoms with Gasteiger partial charge < -0.3 is 9.52 Å². The summed E-state index contributed by atoms with van der Waals surface area (Å²) in [6.45, 7) is 1.80. The fourth-order valence-corrected chi connectivity index (χ4v) is 1.84. The first kappa shape index (κ1) is 11.4. The standard InChI is InChI=1S/C12H10BrFO2/c1-7-2-5-11(16-7)12(15)8-3-4-10(14)9(13)6-8/h2-6,12,15H,1H3. The molecular formula is C12H10BrFO2. The van der Waals surface area contributed by atoms with E-state index < -0.39 is 6.10 Å². The van der Waals surface area contributed by atoms with Gasteiger partial charge in [0.15, 0.2) is 0 Å². The second kappa shape index (κ2) is 4.39. The number of aliphatic hydroxyl groups excluding tert-OH is 1. The third kappa shape index (κ3) is 2.18. The van der Waals surface area contributed by atoms with Gasteiger partial charge in [0.25, 0.3) is 0 Å². The second-order valence-corrected chi connectivity index (χ2v) is 4.38. The molecule has 4 heteroatoms. The Morgan fingerprint density at radius 3 is 2.62 bits per heavy atom. The number of hydrogen-bond acceptors (Lipinski definition) is 2. The largest absolute Gasteiger partial charge is 0.463 e. The van der Waals surface area contributed by atoms with Crippen LogP contribution in [0.5, 0.6) is 0 Å². The van der Waals surface area contributed by atoms with Crippen molar-refractivity contribution < 1.29 is 13.9 Å². The van der Waals surface area contributed by atoms with E-state index in [1.807, 2.05) is 0 Å². The van der Waals surface area contributed by atoms with Crippen molar-refractivity contribution in [2.75, 3.05) is 0 Å². The van der Waals surface area contributed by atoms with E-state index in [-0.39, 0.29) is 5.82 Å². The average Bonchev–Trinajstić information content (AvgIpc) is 2.68. The summed E-state index contributed by atoms with van der Waals surface area (Å²) in [5.41, 5.74) is 0.586. The summed E-state index contributed by atoms with van der Waals surface area (Å²) in [7, 11) is 0. The van der Waals surface area contributed by atoms with Crippen molar-refractivity contribution in [3.8, 4) is 0 Å². The Bertz CT molecular complexity index is 507. The Morgan fingerprint density at radius 1 is 1.31 bits per heavy atom. The van der Waals surface area contributed by atoms with Crippen LogP contribution in [-0.4, -0.2) is 5.11 Å². The zero-order chi connectivity index (χ0) is 11.7. The quantitative estimate of drug-likeness (QED) is 0.915. The van der Waals surface area contributed by atoms with E-state index >= 15 is 0 Å². The van der Waals surface area contributed by atoms with E-state index in [1.54, 1.807) is 19.1 Å². The summed E-state index contributed by atoms with van der Waals surface area (Å²) in [5, 5.41) is 9.98. The molecule has 0 saturated carbocycles. The molecule has 1 heterocycles. The molecule has 1 atom stereocenters. The van der Waals surface area contributed by atoms with Crippen LogP contribution in [0.2, 0.25) is 0 Å². The van der Waals surface area contributed by atoms with Gasteiger partial charge in [0.05, 0.1) is 4.47 Å². The molecule has 0 aliphatic heterocycles. The van der Waals surface area contributed by atoms with Crippen molar-refractivity contribution >= 4 is 15.9 Å². The Labute approximate surface area is 101 Å². The van der Waals surface area contributed by atoms with Crippen LogP contribution in [0.25, 0.3) is 0 Å². The molecule has 2 aromatic rings. The summed E-state index contributed by atoms with van der Waals surface area (Å²) in [6.07, 6.45) is -0.870. The van der Waals surface area contributed by atoms with E-state index in [1.165, 1.54) is 18.2 Å². The summed E-state index contributed by atoms with van der Waals surface area (Å²) in [5.74, 6) is 0.831. The fourth-order valence-electron chi connectivity index (χ4n) is 1.45. The first-order chi connectivity index (χ1) is 7.58. The van der Waals surface area contributed by atoms with Crippen LogP contribution in [0.4, 0.5) is 4.39 Å². The summed E-state index contributed by atoms with van der Waals surface area (Å²) in [4.78, 5) is 0. The number of furan rings is 1. The van der Waals surface area contributed by atoms with Gasteiger partial charge in [-0.2, -0.15) is 0 Å². The minimum atomic E-state index is -0.870. The lowest BCUT2D eigenvalue weighted by molar-refractivity contribution is 0.187. The molecule has 1 N–H and O–H groups in total. The van der Waals surface area contributed by atoms with Crippen molar-refractivity contribution in [3.63, 3.8) is 0 Å². The molecule has 2 rings (SSSR count). The van der Waals surface area contributed by atoms with Crippen molar-refractivity contribution in [2.24, 2.45) is 0 Å². The minimum Gasteiger partial charge on any atom is -0.463 e. The van der Waals surface area contributed by atoms with Crippen LogP contribution >= 0.6 is 15.9 Å². The van der Waals surface area contributed by atoms with Gasteiger partial charge in [0.2, 0.25) is 0 Å². The highest BCUT2D eigenvalue weighted by Crippen LogP contribution is 2.27. The van der Waals surface area contributed by atoms with Crippen LogP contribution in [0, 0.1) is 12.7 Å². The molecule has 16 heavy (non-hydrogen) atoms. The fraction of sp³-hybridized carbons (Fsp3) is 0.167. The van der Waals surface area contributed by atoms with E-state index in [9.17, 15) is 9.50 Å². The molecule has 1 aromatic carbocycles. The molecule has 0 bridgehead atoms. The number of rotatable bonds is 2. The molecule has 84 valence electrons. The normalized spacial score (nSPS) is 12.8. The van der Waals surface area contributed by atoms with Crippen LogP contribution in [0.1, 0.15) is 23.2 Å². The van der Waals surface area contributed by atoms with Gasteiger partial charge in [-0.1, -0.05) is 6.07 Å². The molecule has 0 fully saturated rings.